The fraction of sp³-hybridized carbons (Fsp3) is 0.154. The highest BCUT2D eigenvalue weighted by molar-refractivity contribution is 6.08. The highest BCUT2D eigenvalue weighted by atomic mass is 16.3. The van der Waals surface area contributed by atoms with Crippen molar-refractivity contribution in [2.75, 3.05) is 0 Å². The molecule has 0 atom stereocenters. The predicted molar refractivity (Wildman–Crippen MR) is 118 cm³/mol. The molecule has 0 N–H and O–H groups in total. The monoisotopic (exact) mass is 378 g/mol. The van der Waals surface area contributed by atoms with Crippen LogP contribution in [0.25, 0.3) is 33.3 Å². The molecule has 3 heterocycles. The van der Waals surface area contributed by atoms with E-state index in [1.807, 2.05) is 12.3 Å². The number of aromatic nitrogens is 2. The van der Waals surface area contributed by atoms with Crippen LogP contribution in [-0.4, -0.2) is 9.97 Å². The van der Waals surface area contributed by atoms with Gasteiger partial charge in [0, 0.05) is 28.2 Å². The maximum absolute atomic E-state index is 6.25. The minimum Gasteiger partial charge on any atom is -0.437 e. The van der Waals surface area contributed by atoms with E-state index in [4.69, 9.17) is 9.40 Å². The third kappa shape index (κ3) is 3.29. The second kappa shape index (κ2) is 7.17. The van der Waals surface area contributed by atoms with Crippen LogP contribution in [0, 0.1) is 13.8 Å². The molecular weight excluding hydrogens is 356 g/mol. The largest absolute Gasteiger partial charge is 0.437 e. The highest BCUT2D eigenvalue weighted by Gasteiger charge is 2.14. The molecule has 0 radical (unpaired) electrons. The SMILES string of the molecule is Cc1cnc(-c2cccc3c2oc2nc(CCc4ccccc4)ccc23)cc1C. The van der Waals surface area contributed by atoms with Gasteiger partial charge in [-0.3, -0.25) is 4.98 Å². The zero-order chi connectivity index (χ0) is 19.8. The Balaban J connectivity index is 1.55. The van der Waals surface area contributed by atoms with Gasteiger partial charge in [0.05, 0.1) is 5.69 Å². The first-order valence-corrected chi connectivity index (χ1v) is 9.98. The van der Waals surface area contributed by atoms with Crippen molar-refractivity contribution in [2.45, 2.75) is 26.7 Å². The molecule has 2 aromatic carbocycles. The van der Waals surface area contributed by atoms with E-state index in [1.54, 1.807) is 0 Å². The molecule has 5 aromatic rings. The minimum absolute atomic E-state index is 0.696. The van der Waals surface area contributed by atoms with Crippen molar-refractivity contribution in [2.24, 2.45) is 0 Å². The van der Waals surface area contributed by atoms with Gasteiger partial charge in [-0.1, -0.05) is 42.5 Å². The third-order valence-electron chi connectivity index (χ3n) is 5.58. The molecule has 0 amide bonds. The molecule has 5 rings (SSSR count). The number of fused-ring (bicyclic) bond motifs is 3. The topological polar surface area (TPSA) is 38.9 Å². The number of pyridine rings is 2. The Morgan fingerprint density at radius 3 is 2.48 bits per heavy atom. The number of aryl methyl sites for hydroxylation is 4. The van der Waals surface area contributed by atoms with E-state index in [2.05, 4.69) is 79.5 Å². The van der Waals surface area contributed by atoms with Crippen molar-refractivity contribution in [3.63, 3.8) is 0 Å². The highest BCUT2D eigenvalue weighted by Crippen LogP contribution is 2.34. The van der Waals surface area contributed by atoms with Crippen LogP contribution < -0.4 is 0 Å². The average molecular weight is 378 g/mol. The Labute approximate surface area is 170 Å². The third-order valence-corrected chi connectivity index (χ3v) is 5.58. The Morgan fingerprint density at radius 1 is 0.793 bits per heavy atom. The van der Waals surface area contributed by atoms with Crippen molar-refractivity contribution in [1.82, 2.24) is 9.97 Å². The zero-order valence-corrected chi connectivity index (χ0v) is 16.6. The molecule has 0 aliphatic heterocycles. The molecule has 0 fully saturated rings. The summed E-state index contributed by atoms with van der Waals surface area (Å²) in [7, 11) is 0. The summed E-state index contributed by atoms with van der Waals surface area (Å²) in [6.07, 6.45) is 3.78. The summed E-state index contributed by atoms with van der Waals surface area (Å²) in [6, 6.07) is 23.1. The fourth-order valence-corrected chi connectivity index (χ4v) is 3.75. The van der Waals surface area contributed by atoms with Crippen LogP contribution >= 0.6 is 0 Å². The molecule has 142 valence electrons. The maximum atomic E-state index is 6.25. The second-order valence-corrected chi connectivity index (χ2v) is 7.58. The summed E-state index contributed by atoms with van der Waals surface area (Å²) in [6.45, 7) is 4.19. The molecule has 29 heavy (non-hydrogen) atoms. The minimum atomic E-state index is 0.696. The first kappa shape index (κ1) is 17.6. The van der Waals surface area contributed by atoms with E-state index in [9.17, 15) is 0 Å². The predicted octanol–water partition coefficient (Wildman–Crippen LogP) is 6.45. The Kier molecular flexibility index (Phi) is 4.36. The molecule has 0 unspecified atom stereocenters. The molecule has 0 saturated heterocycles. The van der Waals surface area contributed by atoms with Crippen LogP contribution in [0.4, 0.5) is 0 Å². The van der Waals surface area contributed by atoms with Gasteiger partial charge >= 0.3 is 0 Å². The van der Waals surface area contributed by atoms with Crippen LogP contribution in [0.1, 0.15) is 22.4 Å². The average Bonchev–Trinajstić information content (AvgIpc) is 3.13. The van der Waals surface area contributed by atoms with Crippen LogP contribution in [0.2, 0.25) is 0 Å². The number of hydrogen-bond acceptors (Lipinski definition) is 3. The first-order chi connectivity index (χ1) is 14.2. The summed E-state index contributed by atoms with van der Waals surface area (Å²) in [5, 5.41) is 2.13. The van der Waals surface area contributed by atoms with Gasteiger partial charge < -0.3 is 4.42 Å². The lowest BCUT2D eigenvalue weighted by Crippen LogP contribution is -1.93. The normalized spacial score (nSPS) is 11.4. The lowest BCUT2D eigenvalue weighted by Gasteiger charge is -2.05. The van der Waals surface area contributed by atoms with Gasteiger partial charge in [-0.2, -0.15) is 0 Å². The van der Waals surface area contributed by atoms with Crippen LogP contribution in [-0.2, 0) is 12.8 Å². The first-order valence-electron chi connectivity index (χ1n) is 9.98. The van der Waals surface area contributed by atoms with Gasteiger partial charge in [-0.15, -0.1) is 0 Å². The molecule has 0 spiro atoms. The van der Waals surface area contributed by atoms with E-state index in [0.717, 1.165) is 46.1 Å². The van der Waals surface area contributed by atoms with E-state index in [-0.39, 0.29) is 0 Å². The second-order valence-electron chi connectivity index (χ2n) is 7.58. The fourth-order valence-electron chi connectivity index (χ4n) is 3.75. The Hall–Kier alpha value is -3.46. The molecule has 3 heteroatoms. The quantitative estimate of drug-likeness (QED) is 0.361. The van der Waals surface area contributed by atoms with Gasteiger partial charge in [0.15, 0.2) is 0 Å². The Morgan fingerprint density at radius 2 is 1.66 bits per heavy atom. The maximum Gasteiger partial charge on any atom is 0.227 e. The summed E-state index contributed by atoms with van der Waals surface area (Å²) in [5.41, 5.74) is 8.28. The van der Waals surface area contributed by atoms with Gasteiger partial charge in [0.1, 0.15) is 5.58 Å². The molecule has 3 nitrogen and oxygen atoms in total. The summed E-state index contributed by atoms with van der Waals surface area (Å²) >= 11 is 0. The van der Waals surface area contributed by atoms with Crippen molar-refractivity contribution in [1.29, 1.82) is 0 Å². The number of rotatable bonds is 4. The number of benzene rings is 2. The lowest BCUT2D eigenvalue weighted by atomic mass is 10.0. The van der Waals surface area contributed by atoms with Crippen molar-refractivity contribution >= 4 is 22.1 Å². The van der Waals surface area contributed by atoms with Crippen LogP contribution in [0.3, 0.4) is 0 Å². The zero-order valence-electron chi connectivity index (χ0n) is 16.6. The number of hydrogen-bond donors (Lipinski definition) is 0. The van der Waals surface area contributed by atoms with E-state index in [0.29, 0.717) is 5.71 Å². The molecule has 0 aliphatic rings. The van der Waals surface area contributed by atoms with E-state index in [1.165, 1.54) is 16.7 Å². The van der Waals surface area contributed by atoms with Gasteiger partial charge in [-0.05, 0) is 67.6 Å². The lowest BCUT2D eigenvalue weighted by molar-refractivity contribution is 0.651. The van der Waals surface area contributed by atoms with Gasteiger partial charge in [0.2, 0.25) is 5.71 Å². The van der Waals surface area contributed by atoms with Crippen molar-refractivity contribution in [3.8, 4) is 11.3 Å². The van der Waals surface area contributed by atoms with Crippen LogP contribution in [0.15, 0.2) is 77.3 Å². The van der Waals surface area contributed by atoms with E-state index < -0.39 is 0 Å². The van der Waals surface area contributed by atoms with Gasteiger partial charge in [0.25, 0.3) is 0 Å². The molecular formula is C26H22N2O. The molecule has 0 saturated carbocycles. The molecule has 3 aromatic heterocycles. The molecule has 0 bridgehead atoms. The standard InChI is InChI=1S/C26H22N2O/c1-17-15-24(27-16-18(17)2)23-10-6-9-21-22-14-13-20(28-26(22)29-25(21)23)12-11-19-7-4-3-5-8-19/h3-10,13-16H,11-12H2,1-2H3. The summed E-state index contributed by atoms with van der Waals surface area (Å²) in [5.74, 6) is 0. The number of nitrogens with zero attached hydrogens (tertiary/aromatic N) is 2. The van der Waals surface area contributed by atoms with Crippen molar-refractivity contribution in [3.05, 3.63) is 95.3 Å². The van der Waals surface area contributed by atoms with Crippen LogP contribution in [0.5, 0.6) is 0 Å². The number of para-hydroxylation sites is 1. The molecule has 0 aliphatic carbocycles. The number of furan rings is 1. The van der Waals surface area contributed by atoms with Crippen molar-refractivity contribution < 1.29 is 4.42 Å². The smallest absolute Gasteiger partial charge is 0.227 e. The summed E-state index contributed by atoms with van der Waals surface area (Å²) < 4.78 is 6.25. The summed E-state index contributed by atoms with van der Waals surface area (Å²) in [4.78, 5) is 9.44. The van der Waals surface area contributed by atoms with E-state index >= 15 is 0 Å². The van der Waals surface area contributed by atoms with Gasteiger partial charge in [-0.25, -0.2) is 4.98 Å². The Bertz CT molecular complexity index is 1320.